The van der Waals surface area contributed by atoms with E-state index in [9.17, 15) is 24.0 Å². The second-order valence-electron chi connectivity index (χ2n) is 8.14. The van der Waals surface area contributed by atoms with Crippen LogP contribution in [0.2, 0.25) is 0 Å². The fourth-order valence-corrected chi connectivity index (χ4v) is 3.46. The number of alkyl carbamates (subject to hydrolysis) is 1. The quantitative estimate of drug-likeness (QED) is 0.168. The molecule has 1 aliphatic heterocycles. The molecule has 2 atom stereocenters. The van der Waals surface area contributed by atoms with Crippen molar-refractivity contribution in [2.45, 2.75) is 50.8 Å². The fourth-order valence-electron chi connectivity index (χ4n) is 3.46. The van der Waals surface area contributed by atoms with E-state index < -0.39 is 41.9 Å². The number of amides is 3. The van der Waals surface area contributed by atoms with Crippen molar-refractivity contribution in [1.29, 1.82) is 10.8 Å². The van der Waals surface area contributed by atoms with Crippen LogP contribution in [0.4, 0.5) is 4.79 Å². The molecule has 0 unspecified atom stereocenters. The van der Waals surface area contributed by atoms with Gasteiger partial charge in [-0.2, -0.15) is 0 Å². The Balaban J connectivity index is 0.00000247. The van der Waals surface area contributed by atoms with Gasteiger partial charge in [0.1, 0.15) is 18.7 Å². The number of cyclic esters (lactones) is 2. The van der Waals surface area contributed by atoms with Crippen LogP contribution in [0.1, 0.15) is 48.0 Å². The van der Waals surface area contributed by atoms with Crippen molar-refractivity contribution in [3.63, 3.8) is 0 Å². The molecule has 3 amide bonds. The molecule has 1 aromatic carbocycles. The number of hydrogen-bond donors (Lipinski definition) is 3. The molecule has 3 rings (SSSR count). The van der Waals surface area contributed by atoms with E-state index in [1.54, 1.807) is 12.1 Å². The van der Waals surface area contributed by atoms with Crippen LogP contribution in [0.25, 0.3) is 0 Å². The monoisotopic (exact) mass is 524 g/mol. The highest BCUT2D eigenvalue weighted by molar-refractivity contribution is 5.98. The van der Waals surface area contributed by atoms with Gasteiger partial charge in [0.25, 0.3) is 5.91 Å². The van der Waals surface area contributed by atoms with E-state index in [1.807, 2.05) is 30.3 Å². The van der Waals surface area contributed by atoms with Crippen molar-refractivity contribution in [3.8, 4) is 0 Å². The van der Waals surface area contributed by atoms with E-state index in [1.165, 1.54) is 12.4 Å². The molecule has 2 aromatic rings. The second-order valence-corrected chi connectivity index (χ2v) is 8.14. The predicted octanol–water partition coefficient (Wildman–Crippen LogP) is 1.66. The number of unbranched alkanes of at least 4 members (excludes halogenated alkanes) is 1. The first-order valence-corrected chi connectivity index (χ1v) is 11.8. The number of nitrogens with zero attached hydrogens (tertiary/aromatic N) is 3. The molecule has 13 heteroatoms. The SMILES string of the molecule is N#N.O=C1CC[C@@H](NC(=O)[C@H](CCCCNC(=O)OCc2ccccc2)NC(=O)c2cccnc2)C(=O)O1. The largest absolute Gasteiger partial charge is 0.445 e. The first kappa shape index (κ1) is 29.4. The molecule has 1 aliphatic rings. The van der Waals surface area contributed by atoms with Crippen molar-refractivity contribution in [2.75, 3.05) is 6.54 Å². The molecule has 200 valence electrons. The average molecular weight is 525 g/mol. The van der Waals surface area contributed by atoms with E-state index in [4.69, 9.17) is 15.5 Å². The first-order chi connectivity index (χ1) is 18.4. The summed E-state index contributed by atoms with van der Waals surface area (Å²) < 4.78 is 9.73. The lowest BCUT2D eigenvalue weighted by atomic mass is 10.1. The zero-order valence-electron chi connectivity index (χ0n) is 20.5. The summed E-state index contributed by atoms with van der Waals surface area (Å²) in [7, 11) is 0. The lowest BCUT2D eigenvalue weighted by Crippen LogP contribution is -2.53. The van der Waals surface area contributed by atoms with Crippen LogP contribution in [0.5, 0.6) is 0 Å². The molecule has 1 aromatic heterocycles. The summed E-state index contributed by atoms with van der Waals surface area (Å²) in [5.41, 5.74) is 1.15. The van der Waals surface area contributed by atoms with Crippen molar-refractivity contribution < 1.29 is 33.4 Å². The molecule has 0 bridgehead atoms. The summed E-state index contributed by atoms with van der Waals surface area (Å²) in [5, 5.41) is 19.9. The number of carbonyl (C=O) groups is 5. The summed E-state index contributed by atoms with van der Waals surface area (Å²) in [4.78, 5) is 64.4. The number of hydrogen-bond acceptors (Lipinski definition) is 10. The number of ether oxygens (including phenoxy) is 2. The molecule has 0 saturated carbocycles. The smallest absolute Gasteiger partial charge is 0.407 e. The van der Waals surface area contributed by atoms with Crippen molar-refractivity contribution in [2.24, 2.45) is 0 Å². The Labute approximate surface area is 218 Å². The zero-order chi connectivity index (χ0) is 27.8. The number of rotatable bonds is 11. The van der Waals surface area contributed by atoms with Gasteiger partial charge in [-0.15, -0.1) is 0 Å². The highest BCUT2D eigenvalue weighted by Gasteiger charge is 2.32. The number of aromatic nitrogens is 1. The van der Waals surface area contributed by atoms with Gasteiger partial charge < -0.3 is 25.4 Å². The molecule has 2 heterocycles. The van der Waals surface area contributed by atoms with Crippen LogP contribution in [-0.2, 0) is 30.5 Å². The van der Waals surface area contributed by atoms with Gasteiger partial charge in [-0.25, -0.2) is 9.59 Å². The average Bonchev–Trinajstić information content (AvgIpc) is 2.94. The maximum absolute atomic E-state index is 12.9. The van der Waals surface area contributed by atoms with Gasteiger partial charge in [0.2, 0.25) is 5.91 Å². The maximum atomic E-state index is 12.9. The maximum Gasteiger partial charge on any atom is 0.407 e. The third-order valence-corrected chi connectivity index (χ3v) is 5.40. The predicted molar refractivity (Wildman–Crippen MR) is 130 cm³/mol. The van der Waals surface area contributed by atoms with Gasteiger partial charge >= 0.3 is 18.0 Å². The minimum absolute atomic E-state index is 0.00936. The minimum atomic E-state index is -0.964. The first-order valence-electron chi connectivity index (χ1n) is 11.8. The highest BCUT2D eigenvalue weighted by Crippen LogP contribution is 2.11. The lowest BCUT2D eigenvalue weighted by molar-refractivity contribution is -0.166. The standard InChI is InChI=1S/C25H28N4O7.N2/c30-21-12-11-20(24(33)36-21)29-23(32)19(28-22(31)18-9-6-13-26-15-18)10-4-5-14-27-25(34)35-16-17-7-2-1-3-8-17;1-2/h1-3,6-9,13,15,19-20H,4-5,10-12,14,16H2,(H,27,34)(H,28,31)(H,29,32);/t19-,20+;/m0./s1. The van der Waals surface area contributed by atoms with Crippen molar-refractivity contribution in [1.82, 2.24) is 20.9 Å². The number of carbonyl (C=O) groups excluding carboxylic acids is 5. The molecule has 3 N–H and O–H groups in total. The van der Waals surface area contributed by atoms with E-state index in [0.717, 1.165) is 5.56 Å². The number of benzene rings is 1. The molecule has 1 fully saturated rings. The van der Waals surface area contributed by atoms with Crippen LogP contribution in [0, 0.1) is 10.8 Å². The van der Waals surface area contributed by atoms with Crippen LogP contribution in [-0.4, -0.2) is 53.5 Å². The molecule has 0 radical (unpaired) electrons. The van der Waals surface area contributed by atoms with Gasteiger partial charge in [-0.1, -0.05) is 30.3 Å². The summed E-state index contributed by atoms with van der Waals surface area (Å²) in [5.74, 6) is -2.53. The fraction of sp³-hybridized carbons (Fsp3) is 0.360. The van der Waals surface area contributed by atoms with Crippen LogP contribution in [0.15, 0.2) is 54.9 Å². The van der Waals surface area contributed by atoms with Crippen LogP contribution < -0.4 is 16.0 Å². The number of pyridine rings is 1. The van der Waals surface area contributed by atoms with Gasteiger partial charge in [0, 0.05) is 36.1 Å². The summed E-state index contributed by atoms with van der Waals surface area (Å²) in [6, 6.07) is 10.5. The van der Waals surface area contributed by atoms with E-state index in [2.05, 4.69) is 25.7 Å². The van der Waals surface area contributed by atoms with Crippen LogP contribution in [0.3, 0.4) is 0 Å². The number of esters is 2. The topological polar surface area (TPSA) is 200 Å². The van der Waals surface area contributed by atoms with E-state index >= 15 is 0 Å². The zero-order valence-corrected chi connectivity index (χ0v) is 20.5. The molecular formula is C25H28N6O7. The molecular weight excluding hydrogens is 496 g/mol. The second kappa shape index (κ2) is 16.0. The summed E-state index contributed by atoms with van der Waals surface area (Å²) in [6.45, 7) is 0.472. The Morgan fingerprint density at radius 1 is 1.08 bits per heavy atom. The van der Waals surface area contributed by atoms with Crippen molar-refractivity contribution in [3.05, 3.63) is 66.0 Å². The summed E-state index contributed by atoms with van der Waals surface area (Å²) in [6.07, 6.45) is 3.73. The third-order valence-electron chi connectivity index (χ3n) is 5.40. The summed E-state index contributed by atoms with van der Waals surface area (Å²) >= 11 is 0. The van der Waals surface area contributed by atoms with Crippen molar-refractivity contribution >= 4 is 29.8 Å². The molecule has 1 saturated heterocycles. The minimum Gasteiger partial charge on any atom is -0.445 e. The Bertz CT molecular complexity index is 1110. The van der Waals surface area contributed by atoms with E-state index in [-0.39, 0.29) is 31.4 Å². The molecule has 0 aliphatic carbocycles. The van der Waals surface area contributed by atoms with E-state index in [0.29, 0.717) is 19.4 Å². The molecule has 13 nitrogen and oxygen atoms in total. The van der Waals surface area contributed by atoms with Gasteiger partial charge in [-0.3, -0.25) is 19.4 Å². The number of nitrogens with one attached hydrogen (secondary N) is 3. The van der Waals surface area contributed by atoms with Gasteiger partial charge in [0.15, 0.2) is 0 Å². The van der Waals surface area contributed by atoms with Crippen LogP contribution >= 0.6 is 0 Å². The molecule has 38 heavy (non-hydrogen) atoms. The Kier molecular flexibility index (Phi) is 12.4. The Hall–Kier alpha value is -4.86. The Morgan fingerprint density at radius 3 is 2.53 bits per heavy atom. The Morgan fingerprint density at radius 2 is 1.84 bits per heavy atom. The lowest BCUT2D eigenvalue weighted by Gasteiger charge is -2.24. The highest BCUT2D eigenvalue weighted by atomic mass is 16.6. The van der Waals surface area contributed by atoms with Gasteiger partial charge in [-0.05, 0) is 43.4 Å². The van der Waals surface area contributed by atoms with Gasteiger partial charge in [0.05, 0.1) is 5.56 Å². The third kappa shape index (κ3) is 10.0. The molecule has 0 spiro atoms. The normalized spacial score (nSPS) is 15.1.